The Hall–Kier alpha value is -2.01. The Morgan fingerprint density at radius 1 is 1.10 bits per heavy atom. The minimum atomic E-state index is -0.343. The number of nitrogens with one attached hydrogen (secondary N) is 1. The van der Waals surface area contributed by atoms with Gasteiger partial charge in [-0.25, -0.2) is 4.39 Å². The highest BCUT2D eigenvalue weighted by molar-refractivity contribution is 5.33. The number of halogens is 1. The summed E-state index contributed by atoms with van der Waals surface area (Å²) in [6.45, 7) is 5.42. The molecule has 0 saturated heterocycles. The van der Waals surface area contributed by atoms with Crippen molar-refractivity contribution < 1.29 is 9.13 Å². The molecule has 0 aromatic carbocycles. The number of rotatable bonds is 7. The molecule has 2 aromatic heterocycles. The smallest absolute Gasteiger partial charge is 0.141 e. The molecule has 0 aliphatic rings. The minimum absolute atomic E-state index is 0.152. The molecule has 0 radical (unpaired) electrons. The monoisotopic (exact) mass is 289 g/mol. The molecule has 112 valence electrons. The molecule has 2 rings (SSSR count). The fraction of sp³-hybridized carbons (Fsp3) is 0.375. The van der Waals surface area contributed by atoms with E-state index in [9.17, 15) is 4.39 Å². The van der Waals surface area contributed by atoms with Crippen LogP contribution in [-0.4, -0.2) is 23.1 Å². The molecule has 1 atom stereocenters. The molecule has 0 saturated carbocycles. The second-order valence-corrected chi connectivity index (χ2v) is 4.71. The first-order valence-electron chi connectivity index (χ1n) is 7.16. The van der Waals surface area contributed by atoms with E-state index in [1.165, 1.54) is 12.3 Å². The Kier molecular flexibility index (Phi) is 5.63. The summed E-state index contributed by atoms with van der Waals surface area (Å²) in [5.74, 6) is 0.368. The van der Waals surface area contributed by atoms with Crippen molar-refractivity contribution in [2.24, 2.45) is 0 Å². The molecule has 0 aliphatic heterocycles. The second-order valence-electron chi connectivity index (χ2n) is 4.71. The first kappa shape index (κ1) is 15.4. The van der Waals surface area contributed by atoms with E-state index in [-0.39, 0.29) is 11.9 Å². The Balaban J connectivity index is 2.33. The molecule has 5 heteroatoms. The predicted octanol–water partition coefficient (Wildman–Crippen LogP) is 3.10. The molecular weight excluding hydrogens is 269 g/mol. The summed E-state index contributed by atoms with van der Waals surface area (Å²) >= 11 is 0. The molecule has 0 amide bonds. The Morgan fingerprint density at radius 3 is 2.48 bits per heavy atom. The number of ether oxygens (including phenoxy) is 1. The van der Waals surface area contributed by atoms with Crippen LogP contribution in [-0.2, 0) is 0 Å². The van der Waals surface area contributed by atoms with Gasteiger partial charge in [0, 0.05) is 12.4 Å². The highest BCUT2D eigenvalue weighted by Crippen LogP contribution is 2.24. The van der Waals surface area contributed by atoms with Gasteiger partial charge in [-0.1, -0.05) is 6.92 Å². The van der Waals surface area contributed by atoms with Crippen LogP contribution in [0.1, 0.15) is 37.4 Å². The van der Waals surface area contributed by atoms with Crippen molar-refractivity contribution in [1.82, 2.24) is 15.3 Å². The van der Waals surface area contributed by atoms with E-state index in [0.29, 0.717) is 12.4 Å². The third-order valence-corrected chi connectivity index (χ3v) is 3.04. The van der Waals surface area contributed by atoms with Gasteiger partial charge in [0.15, 0.2) is 0 Å². The number of pyridine rings is 2. The molecule has 0 fully saturated rings. The normalized spacial score (nSPS) is 12.1. The fourth-order valence-electron chi connectivity index (χ4n) is 2.14. The lowest BCUT2D eigenvalue weighted by Gasteiger charge is -2.19. The third kappa shape index (κ3) is 4.23. The maximum Gasteiger partial charge on any atom is 0.141 e. The van der Waals surface area contributed by atoms with Gasteiger partial charge in [0.05, 0.1) is 25.0 Å². The zero-order valence-corrected chi connectivity index (χ0v) is 12.3. The maximum atomic E-state index is 13.4. The highest BCUT2D eigenvalue weighted by Gasteiger charge is 2.15. The molecular formula is C16H20FN3O. The lowest BCUT2D eigenvalue weighted by atomic mass is 10.0. The molecule has 1 unspecified atom stereocenters. The van der Waals surface area contributed by atoms with E-state index >= 15 is 0 Å². The van der Waals surface area contributed by atoms with Crippen molar-refractivity contribution in [2.75, 3.05) is 13.2 Å². The number of nitrogens with zero attached hydrogens (tertiary/aromatic N) is 2. The van der Waals surface area contributed by atoms with Gasteiger partial charge in [0.1, 0.15) is 11.6 Å². The van der Waals surface area contributed by atoms with E-state index in [1.807, 2.05) is 13.0 Å². The molecule has 0 aliphatic carbocycles. The lowest BCUT2D eigenvalue weighted by molar-refractivity contribution is 0.338. The molecule has 4 nitrogen and oxygen atoms in total. The first-order valence-corrected chi connectivity index (χ1v) is 7.16. The van der Waals surface area contributed by atoms with Crippen molar-refractivity contribution in [3.8, 4) is 5.75 Å². The van der Waals surface area contributed by atoms with Crippen LogP contribution in [0.5, 0.6) is 5.75 Å². The van der Waals surface area contributed by atoms with Gasteiger partial charge >= 0.3 is 0 Å². The minimum Gasteiger partial charge on any atom is -0.492 e. The third-order valence-electron chi connectivity index (χ3n) is 3.04. The molecule has 1 N–H and O–H groups in total. The highest BCUT2D eigenvalue weighted by atomic mass is 19.1. The topological polar surface area (TPSA) is 47.0 Å². The summed E-state index contributed by atoms with van der Waals surface area (Å²) in [5, 5.41) is 3.40. The van der Waals surface area contributed by atoms with Crippen LogP contribution >= 0.6 is 0 Å². The molecule has 0 bridgehead atoms. The molecule has 2 heterocycles. The van der Waals surface area contributed by atoms with E-state index in [0.717, 1.165) is 24.1 Å². The molecule has 0 spiro atoms. The SMILES string of the molecule is CCCNC(c1cncc(F)c1)c1cncc(OCC)c1. The van der Waals surface area contributed by atoms with E-state index < -0.39 is 0 Å². The van der Waals surface area contributed by atoms with Crippen LogP contribution in [0.3, 0.4) is 0 Å². The average molecular weight is 289 g/mol. The van der Waals surface area contributed by atoms with E-state index in [4.69, 9.17) is 4.74 Å². The summed E-state index contributed by atoms with van der Waals surface area (Å²) < 4.78 is 18.9. The number of aromatic nitrogens is 2. The lowest BCUT2D eigenvalue weighted by Crippen LogP contribution is -2.23. The Bertz CT molecular complexity index is 577. The summed E-state index contributed by atoms with van der Waals surface area (Å²) in [6, 6.07) is 3.27. The van der Waals surface area contributed by atoms with Crippen LogP contribution in [0.2, 0.25) is 0 Å². The van der Waals surface area contributed by atoms with Crippen LogP contribution < -0.4 is 10.1 Å². The summed E-state index contributed by atoms with van der Waals surface area (Å²) in [7, 11) is 0. The van der Waals surface area contributed by atoms with Crippen LogP contribution in [0.15, 0.2) is 36.9 Å². The standard InChI is InChI=1S/C16H20FN3O/c1-3-5-20-16(12-6-14(17)10-18-8-12)13-7-15(21-4-2)11-19-9-13/h6-11,16,20H,3-5H2,1-2H3. The van der Waals surface area contributed by atoms with Gasteiger partial charge < -0.3 is 10.1 Å². The van der Waals surface area contributed by atoms with Gasteiger partial charge in [0.2, 0.25) is 0 Å². The van der Waals surface area contributed by atoms with Gasteiger partial charge in [0.25, 0.3) is 0 Å². The van der Waals surface area contributed by atoms with Crippen LogP contribution in [0.25, 0.3) is 0 Å². The van der Waals surface area contributed by atoms with Crippen LogP contribution in [0.4, 0.5) is 4.39 Å². The van der Waals surface area contributed by atoms with Gasteiger partial charge in [-0.15, -0.1) is 0 Å². The van der Waals surface area contributed by atoms with Crippen molar-refractivity contribution in [1.29, 1.82) is 0 Å². The quantitative estimate of drug-likeness (QED) is 0.851. The average Bonchev–Trinajstić information content (AvgIpc) is 2.49. The summed E-state index contributed by atoms with van der Waals surface area (Å²) in [5.41, 5.74) is 1.71. The van der Waals surface area contributed by atoms with E-state index in [1.54, 1.807) is 18.6 Å². The molecule has 21 heavy (non-hydrogen) atoms. The predicted molar refractivity (Wildman–Crippen MR) is 79.7 cm³/mol. The summed E-state index contributed by atoms with van der Waals surface area (Å²) in [4.78, 5) is 8.13. The fourth-order valence-corrected chi connectivity index (χ4v) is 2.14. The number of hydrogen-bond donors (Lipinski definition) is 1. The van der Waals surface area contributed by atoms with Crippen molar-refractivity contribution in [3.63, 3.8) is 0 Å². The van der Waals surface area contributed by atoms with Crippen molar-refractivity contribution in [3.05, 3.63) is 53.9 Å². The van der Waals surface area contributed by atoms with Gasteiger partial charge in [-0.3, -0.25) is 9.97 Å². The van der Waals surface area contributed by atoms with Gasteiger partial charge in [-0.2, -0.15) is 0 Å². The van der Waals surface area contributed by atoms with E-state index in [2.05, 4.69) is 22.2 Å². The zero-order valence-electron chi connectivity index (χ0n) is 12.3. The Labute approximate surface area is 124 Å². The maximum absolute atomic E-state index is 13.4. The zero-order chi connectivity index (χ0) is 15.1. The largest absolute Gasteiger partial charge is 0.492 e. The van der Waals surface area contributed by atoms with Crippen molar-refractivity contribution in [2.45, 2.75) is 26.3 Å². The number of hydrogen-bond acceptors (Lipinski definition) is 4. The van der Waals surface area contributed by atoms with Crippen molar-refractivity contribution >= 4 is 0 Å². The first-order chi connectivity index (χ1) is 10.2. The second kappa shape index (κ2) is 7.69. The molecule has 2 aromatic rings. The van der Waals surface area contributed by atoms with Gasteiger partial charge in [-0.05, 0) is 43.1 Å². The van der Waals surface area contributed by atoms with Crippen LogP contribution in [0, 0.1) is 5.82 Å². The Morgan fingerprint density at radius 2 is 1.81 bits per heavy atom. The summed E-state index contributed by atoms with van der Waals surface area (Å²) in [6.07, 6.45) is 7.30.